The van der Waals surface area contributed by atoms with Gasteiger partial charge in [-0.05, 0) is 24.6 Å². The summed E-state index contributed by atoms with van der Waals surface area (Å²) in [7, 11) is 0. The number of rotatable bonds is 3. The Morgan fingerprint density at radius 1 is 1.44 bits per heavy atom. The maximum atomic E-state index is 11.9. The second kappa shape index (κ2) is 4.66. The number of hydrogen-bond acceptors (Lipinski definition) is 1. The average molecular weight is 278 g/mol. The number of benzene rings is 1. The third-order valence-electron chi connectivity index (χ3n) is 2.51. The Morgan fingerprint density at radius 3 is 3.00 bits per heavy atom. The zero-order valence-corrected chi connectivity index (χ0v) is 10.4. The summed E-state index contributed by atoms with van der Waals surface area (Å²) in [5.74, 6) is 0.105. The minimum atomic E-state index is 0.105. The van der Waals surface area contributed by atoms with Gasteiger partial charge >= 0.3 is 0 Å². The normalized spacial score (nSPS) is 10.6. The lowest BCUT2D eigenvalue weighted by atomic mass is 10.2. The monoisotopic (exact) mass is 277 g/mol. The van der Waals surface area contributed by atoms with E-state index in [9.17, 15) is 4.79 Å². The molecule has 0 radical (unpaired) electrons. The van der Waals surface area contributed by atoms with Crippen LogP contribution in [-0.4, -0.2) is 10.5 Å². The van der Waals surface area contributed by atoms with Gasteiger partial charge in [-0.2, -0.15) is 0 Å². The Hall–Kier alpha value is -1.35. The zero-order valence-electron chi connectivity index (χ0n) is 8.82. The van der Waals surface area contributed by atoms with Crippen LogP contribution >= 0.6 is 15.9 Å². The third-order valence-corrected chi connectivity index (χ3v) is 3.20. The average Bonchev–Trinajstić information content (AvgIpc) is 2.71. The highest BCUT2D eigenvalue weighted by molar-refractivity contribution is 9.10. The van der Waals surface area contributed by atoms with E-state index in [1.54, 1.807) is 10.6 Å². The van der Waals surface area contributed by atoms with E-state index in [1.807, 2.05) is 30.5 Å². The lowest BCUT2D eigenvalue weighted by Gasteiger charge is -2.02. The Bertz CT molecular complexity index is 542. The molecule has 0 fully saturated rings. The van der Waals surface area contributed by atoms with Gasteiger partial charge in [0, 0.05) is 22.5 Å². The number of carbonyl (C=O) groups excluding carboxylic acids is 1. The Balaban J connectivity index is 2.42. The van der Waals surface area contributed by atoms with Crippen molar-refractivity contribution in [3.63, 3.8) is 0 Å². The van der Waals surface area contributed by atoms with Crippen molar-refractivity contribution >= 4 is 32.7 Å². The van der Waals surface area contributed by atoms with Crippen molar-refractivity contribution in [1.29, 1.82) is 0 Å². The van der Waals surface area contributed by atoms with Crippen LogP contribution in [0.2, 0.25) is 0 Å². The van der Waals surface area contributed by atoms with Gasteiger partial charge in [-0.3, -0.25) is 9.36 Å². The van der Waals surface area contributed by atoms with E-state index in [0.29, 0.717) is 12.8 Å². The van der Waals surface area contributed by atoms with Gasteiger partial charge in [-0.25, -0.2) is 0 Å². The van der Waals surface area contributed by atoms with Crippen LogP contribution in [0.4, 0.5) is 0 Å². The molecule has 0 aliphatic carbocycles. The number of allylic oxidation sites excluding steroid dienone is 1. The summed E-state index contributed by atoms with van der Waals surface area (Å²) in [5, 5.41) is 1.06. The first-order valence-corrected chi connectivity index (χ1v) is 5.93. The molecule has 0 spiro atoms. The van der Waals surface area contributed by atoms with Gasteiger partial charge in [0.2, 0.25) is 5.91 Å². The van der Waals surface area contributed by atoms with Gasteiger partial charge in [-0.15, -0.1) is 6.58 Å². The molecule has 0 bridgehead atoms. The van der Waals surface area contributed by atoms with Crippen molar-refractivity contribution in [3.8, 4) is 0 Å². The summed E-state index contributed by atoms with van der Waals surface area (Å²) in [6, 6.07) is 7.81. The lowest BCUT2D eigenvalue weighted by Crippen LogP contribution is -2.08. The summed E-state index contributed by atoms with van der Waals surface area (Å²) < 4.78 is 2.71. The van der Waals surface area contributed by atoms with Crippen molar-refractivity contribution in [1.82, 2.24) is 4.57 Å². The fraction of sp³-hybridized carbons (Fsp3) is 0.154. The Labute approximate surface area is 103 Å². The maximum absolute atomic E-state index is 11.9. The molecule has 0 aliphatic heterocycles. The third kappa shape index (κ3) is 1.95. The van der Waals surface area contributed by atoms with E-state index in [-0.39, 0.29) is 5.91 Å². The molecule has 1 aromatic carbocycles. The van der Waals surface area contributed by atoms with Gasteiger partial charge in [0.05, 0.1) is 5.52 Å². The van der Waals surface area contributed by atoms with Gasteiger partial charge in [0.1, 0.15) is 0 Å². The molecule has 3 heteroatoms. The molecule has 1 heterocycles. The van der Waals surface area contributed by atoms with E-state index in [1.165, 1.54) is 0 Å². The van der Waals surface area contributed by atoms with Crippen molar-refractivity contribution in [2.24, 2.45) is 0 Å². The van der Waals surface area contributed by atoms with E-state index in [4.69, 9.17) is 0 Å². The zero-order chi connectivity index (χ0) is 11.5. The standard InChI is InChI=1S/C13H12BrNO/c1-2-3-7-13(16)15-9-8-10-11(14)5-4-6-12(10)15/h2,4-6,8-9H,1,3,7H2. The molecule has 0 atom stereocenters. The van der Waals surface area contributed by atoms with Crippen molar-refractivity contribution in [3.05, 3.63) is 47.6 Å². The minimum absolute atomic E-state index is 0.105. The second-order valence-corrected chi connectivity index (χ2v) is 4.43. The minimum Gasteiger partial charge on any atom is -0.287 e. The van der Waals surface area contributed by atoms with E-state index in [0.717, 1.165) is 15.4 Å². The van der Waals surface area contributed by atoms with Gasteiger partial charge in [0.25, 0.3) is 0 Å². The summed E-state index contributed by atoms with van der Waals surface area (Å²) in [5.41, 5.74) is 0.948. The van der Waals surface area contributed by atoms with Crippen LogP contribution in [0.25, 0.3) is 10.9 Å². The number of fused-ring (bicyclic) bond motifs is 1. The smallest absolute Gasteiger partial charge is 0.231 e. The van der Waals surface area contributed by atoms with Crippen molar-refractivity contribution in [2.75, 3.05) is 0 Å². The molecule has 0 aliphatic rings. The van der Waals surface area contributed by atoms with Crippen LogP contribution < -0.4 is 0 Å². The molecule has 2 rings (SSSR count). The van der Waals surface area contributed by atoms with Gasteiger partial charge < -0.3 is 0 Å². The number of carbonyl (C=O) groups is 1. The number of aromatic nitrogens is 1. The van der Waals surface area contributed by atoms with Crippen LogP contribution in [0.5, 0.6) is 0 Å². The van der Waals surface area contributed by atoms with Crippen LogP contribution in [0.15, 0.2) is 47.6 Å². The maximum Gasteiger partial charge on any atom is 0.231 e. The number of nitrogens with zero attached hydrogens (tertiary/aromatic N) is 1. The first kappa shape index (κ1) is 11.1. The highest BCUT2D eigenvalue weighted by Crippen LogP contribution is 2.24. The van der Waals surface area contributed by atoms with Gasteiger partial charge in [-0.1, -0.05) is 28.1 Å². The molecule has 0 unspecified atom stereocenters. The molecular weight excluding hydrogens is 266 g/mol. The molecule has 82 valence electrons. The molecule has 0 amide bonds. The predicted molar refractivity (Wildman–Crippen MR) is 69.7 cm³/mol. The first-order valence-electron chi connectivity index (χ1n) is 5.13. The molecule has 16 heavy (non-hydrogen) atoms. The van der Waals surface area contributed by atoms with E-state index < -0.39 is 0 Å². The first-order chi connectivity index (χ1) is 7.74. The van der Waals surface area contributed by atoms with Crippen molar-refractivity contribution in [2.45, 2.75) is 12.8 Å². The second-order valence-electron chi connectivity index (χ2n) is 3.58. The van der Waals surface area contributed by atoms with Gasteiger partial charge in [0.15, 0.2) is 0 Å². The quantitative estimate of drug-likeness (QED) is 0.777. The highest BCUT2D eigenvalue weighted by Gasteiger charge is 2.09. The molecule has 2 nitrogen and oxygen atoms in total. The Kier molecular flexibility index (Phi) is 3.25. The predicted octanol–water partition coefficient (Wildman–Crippen LogP) is 4.01. The molecule has 0 N–H and O–H groups in total. The van der Waals surface area contributed by atoms with Crippen LogP contribution in [0, 0.1) is 0 Å². The molecular formula is C13H12BrNO. The summed E-state index contributed by atoms with van der Waals surface area (Å²) in [6.45, 7) is 3.62. The molecule has 2 aromatic rings. The molecule has 0 saturated heterocycles. The fourth-order valence-corrected chi connectivity index (χ4v) is 2.18. The molecule has 1 aromatic heterocycles. The fourth-order valence-electron chi connectivity index (χ4n) is 1.69. The van der Waals surface area contributed by atoms with Crippen molar-refractivity contribution < 1.29 is 4.79 Å². The topological polar surface area (TPSA) is 22.0 Å². The van der Waals surface area contributed by atoms with Crippen LogP contribution in [0.3, 0.4) is 0 Å². The van der Waals surface area contributed by atoms with Crippen LogP contribution in [-0.2, 0) is 0 Å². The summed E-state index contributed by atoms with van der Waals surface area (Å²) in [4.78, 5) is 11.9. The summed E-state index contributed by atoms with van der Waals surface area (Å²) >= 11 is 3.47. The Morgan fingerprint density at radius 2 is 2.25 bits per heavy atom. The largest absolute Gasteiger partial charge is 0.287 e. The van der Waals surface area contributed by atoms with Crippen LogP contribution in [0.1, 0.15) is 17.6 Å². The molecule has 0 saturated carbocycles. The van der Waals surface area contributed by atoms with E-state index in [2.05, 4.69) is 22.5 Å². The van der Waals surface area contributed by atoms with E-state index >= 15 is 0 Å². The SMILES string of the molecule is C=CCCC(=O)n1ccc2c(Br)cccc21. The lowest BCUT2D eigenvalue weighted by molar-refractivity contribution is 0.0909. The summed E-state index contributed by atoms with van der Waals surface area (Å²) in [6.07, 6.45) is 4.80. The number of hydrogen-bond donors (Lipinski definition) is 0. The number of halogens is 1. The highest BCUT2D eigenvalue weighted by atomic mass is 79.9.